The van der Waals surface area contributed by atoms with Gasteiger partial charge in [-0.2, -0.15) is 0 Å². The predicted molar refractivity (Wildman–Crippen MR) is 71.1 cm³/mol. The Hall–Kier alpha value is -0.980. The van der Waals surface area contributed by atoms with Gasteiger partial charge in [-0.3, -0.25) is 4.68 Å². The van der Waals surface area contributed by atoms with Crippen molar-refractivity contribution in [3.05, 3.63) is 11.9 Å². The molecule has 1 aliphatic rings. The zero-order valence-corrected chi connectivity index (χ0v) is 11.4. The molecule has 2 heterocycles. The first-order valence-corrected chi connectivity index (χ1v) is 6.67. The summed E-state index contributed by atoms with van der Waals surface area (Å²) in [6.07, 6.45) is 4.46. The molecule has 0 atom stereocenters. The number of piperidine rings is 1. The first kappa shape index (κ1) is 13.5. The summed E-state index contributed by atoms with van der Waals surface area (Å²) in [5, 5.41) is 8.06. The Balaban J connectivity index is 1.72. The van der Waals surface area contributed by atoms with E-state index in [1.54, 1.807) is 0 Å². The molecule has 1 fully saturated rings. The lowest BCUT2D eigenvalue weighted by atomic mass is 10.0. The van der Waals surface area contributed by atoms with E-state index in [4.69, 9.17) is 5.73 Å². The molecule has 2 rings (SSSR count). The Morgan fingerprint density at radius 2 is 2.06 bits per heavy atom. The highest BCUT2D eigenvalue weighted by Gasteiger charge is 2.20. The number of nitrogens with zero attached hydrogens (tertiary/aromatic N) is 5. The van der Waals surface area contributed by atoms with Crippen molar-refractivity contribution in [1.29, 1.82) is 0 Å². The van der Waals surface area contributed by atoms with E-state index in [0.29, 0.717) is 6.54 Å². The van der Waals surface area contributed by atoms with Gasteiger partial charge in [-0.1, -0.05) is 5.21 Å². The van der Waals surface area contributed by atoms with Crippen molar-refractivity contribution in [2.45, 2.75) is 32.0 Å². The summed E-state index contributed by atoms with van der Waals surface area (Å²) in [6.45, 7) is 4.78. The van der Waals surface area contributed by atoms with Crippen LogP contribution in [0.5, 0.6) is 0 Å². The number of nitrogens with two attached hydrogens (primary N) is 1. The molecular formula is C12H24N6. The summed E-state index contributed by atoms with van der Waals surface area (Å²) >= 11 is 0. The van der Waals surface area contributed by atoms with Crippen molar-refractivity contribution in [3.63, 3.8) is 0 Å². The summed E-state index contributed by atoms with van der Waals surface area (Å²) < 4.78 is 1.89. The van der Waals surface area contributed by atoms with Gasteiger partial charge in [-0.05, 0) is 40.0 Å². The minimum atomic E-state index is 0.466. The number of hydrogen-bond donors (Lipinski definition) is 1. The molecule has 0 saturated carbocycles. The lowest BCUT2D eigenvalue weighted by Crippen LogP contribution is -2.42. The van der Waals surface area contributed by atoms with Crippen LogP contribution >= 0.6 is 0 Å². The lowest BCUT2D eigenvalue weighted by molar-refractivity contribution is 0.140. The van der Waals surface area contributed by atoms with Crippen molar-refractivity contribution in [2.24, 2.45) is 5.73 Å². The lowest BCUT2D eigenvalue weighted by Gasteiger charge is -2.35. The molecule has 6 heteroatoms. The van der Waals surface area contributed by atoms with Crippen LogP contribution in [0.1, 0.15) is 18.5 Å². The third-order valence-electron chi connectivity index (χ3n) is 3.73. The molecule has 1 aromatic heterocycles. The molecular weight excluding hydrogens is 228 g/mol. The average Bonchev–Trinajstić information content (AvgIpc) is 2.85. The van der Waals surface area contributed by atoms with E-state index in [1.807, 2.05) is 10.9 Å². The minimum absolute atomic E-state index is 0.466. The summed E-state index contributed by atoms with van der Waals surface area (Å²) in [4.78, 5) is 4.84. The average molecular weight is 252 g/mol. The van der Waals surface area contributed by atoms with Gasteiger partial charge in [0.15, 0.2) is 0 Å². The van der Waals surface area contributed by atoms with Crippen LogP contribution in [0.4, 0.5) is 0 Å². The fraction of sp³-hybridized carbons (Fsp3) is 0.833. The highest BCUT2D eigenvalue weighted by atomic mass is 15.4. The second kappa shape index (κ2) is 6.26. The van der Waals surface area contributed by atoms with Gasteiger partial charge >= 0.3 is 0 Å². The second-order valence-corrected chi connectivity index (χ2v) is 5.21. The molecule has 0 amide bonds. The number of likely N-dealkylation sites (tertiary alicyclic amines) is 1. The summed E-state index contributed by atoms with van der Waals surface area (Å²) in [7, 11) is 4.34. The first-order chi connectivity index (χ1) is 8.69. The molecule has 0 unspecified atom stereocenters. The molecule has 1 aliphatic heterocycles. The maximum Gasteiger partial charge on any atom is 0.0962 e. The molecule has 1 saturated heterocycles. The smallest absolute Gasteiger partial charge is 0.0962 e. The quantitative estimate of drug-likeness (QED) is 0.784. The van der Waals surface area contributed by atoms with Crippen molar-refractivity contribution in [1.82, 2.24) is 24.8 Å². The molecule has 6 nitrogen and oxygen atoms in total. The van der Waals surface area contributed by atoms with E-state index in [-0.39, 0.29) is 0 Å². The molecule has 102 valence electrons. The second-order valence-electron chi connectivity index (χ2n) is 5.21. The molecule has 0 aromatic carbocycles. The van der Waals surface area contributed by atoms with E-state index in [0.717, 1.165) is 24.8 Å². The molecule has 2 N–H and O–H groups in total. The predicted octanol–water partition coefficient (Wildman–Crippen LogP) is -0.237. The molecule has 18 heavy (non-hydrogen) atoms. The SMILES string of the molecule is CN(C)C1CCN(CCn2cc(CN)nn2)CC1. The number of hydrogen-bond acceptors (Lipinski definition) is 5. The summed E-state index contributed by atoms with van der Waals surface area (Å²) in [6, 6.07) is 0.747. The van der Waals surface area contributed by atoms with Crippen molar-refractivity contribution in [3.8, 4) is 0 Å². The maximum absolute atomic E-state index is 5.51. The fourth-order valence-electron chi connectivity index (χ4n) is 2.44. The zero-order chi connectivity index (χ0) is 13.0. The number of aromatic nitrogens is 3. The highest BCUT2D eigenvalue weighted by molar-refractivity contribution is 4.90. The van der Waals surface area contributed by atoms with Crippen molar-refractivity contribution in [2.75, 3.05) is 33.7 Å². The molecule has 0 bridgehead atoms. The van der Waals surface area contributed by atoms with Crippen molar-refractivity contribution < 1.29 is 0 Å². The summed E-state index contributed by atoms with van der Waals surface area (Å²) in [5.41, 5.74) is 6.38. The van der Waals surface area contributed by atoms with E-state index in [2.05, 4.69) is 34.2 Å². The van der Waals surface area contributed by atoms with E-state index in [9.17, 15) is 0 Å². The Kier molecular flexibility index (Phi) is 4.68. The van der Waals surface area contributed by atoms with E-state index < -0.39 is 0 Å². The van der Waals surface area contributed by atoms with Crippen LogP contribution in [0, 0.1) is 0 Å². The van der Waals surface area contributed by atoms with Crippen LogP contribution in [0.2, 0.25) is 0 Å². The minimum Gasteiger partial charge on any atom is -0.325 e. The van der Waals surface area contributed by atoms with Gasteiger partial charge in [-0.15, -0.1) is 5.10 Å². The largest absolute Gasteiger partial charge is 0.325 e. The van der Waals surface area contributed by atoms with Gasteiger partial charge in [0.1, 0.15) is 0 Å². The Bertz CT molecular complexity index is 353. The Morgan fingerprint density at radius 1 is 1.33 bits per heavy atom. The standard InChI is InChI=1S/C12H24N6/c1-16(2)12-3-5-17(6-4-12)7-8-18-10-11(9-13)14-15-18/h10,12H,3-9,13H2,1-2H3. The molecule has 1 aromatic rings. The van der Waals surface area contributed by atoms with Crippen molar-refractivity contribution >= 4 is 0 Å². The van der Waals surface area contributed by atoms with Gasteiger partial charge in [0, 0.05) is 25.3 Å². The first-order valence-electron chi connectivity index (χ1n) is 6.67. The van der Waals surface area contributed by atoms with Crippen LogP contribution in [0.15, 0.2) is 6.20 Å². The van der Waals surface area contributed by atoms with Crippen LogP contribution in [-0.4, -0.2) is 64.6 Å². The molecule has 0 aliphatic carbocycles. The Labute approximate surface area is 109 Å². The normalized spacial score (nSPS) is 18.7. The number of rotatable bonds is 5. The van der Waals surface area contributed by atoms with Crippen LogP contribution in [0.3, 0.4) is 0 Å². The fourth-order valence-corrected chi connectivity index (χ4v) is 2.44. The van der Waals surface area contributed by atoms with Gasteiger partial charge in [0.2, 0.25) is 0 Å². The topological polar surface area (TPSA) is 63.2 Å². The van der Waals surface area contributed by atoms with E-state index in [1.165, 1.54) is 25.9 Å². The van der Waals surface area contributed by atoms with Gasteiger partial charge < -0.3 is 15.5 Å². The molecule has 0 radical (unpaired) electrons. The van der Waals surface area contributed by atoms with Gasteiger partial charge in [0.05, 0.1) is 12.2 Å². The summed E-state index contributed by atoms with van der Waals surface area (Å²) in [5.74, 6) is 0. The molecule has 0 spiro atoms. The van der Waals surface area contributed by atoms with E-state index >= 15 is 0 Å². The van der Waals surface area contributed by atoms with Gasteiger partial charge in [0.25, 0.3) is 0 Å². The zero-order valence-electron chi connectivity index (χ0n) is 11.4. The van der Waals surface area contributed by atoms with Crippen LogP contribution in [0.25, 0.3) is 0 Å². The third kappa shape index (κ3) is 3.51. The maximum atomic E-state index is 5.51. The van der Waals surface area contributed by atoms with Crippen LogP contribution in [-0.2, 0) is 13.1 Å². The Morgan fingerprint density at radius 3 is 2.61 bits per heavy atom. The van der Waals surface area contributed by atoms with Crippen LogP contribution < -0.4 is 5.73 Å². The highest BCUT2D eigenvalue weighted by Crippen LogP contribution is 2.13. The van der Waals surface area contributed by atoms with Gasteiger partial charge in [-0.25, -0.2) is 0 Å². The monoisotopic (exact) mass is 252 g/mol. The third-order valence-corrected chi connectivity index (χ3v) is 3.73.